The van der Waals surface area contributed by atoms with Crippen LogP contribution in [0.4, 0.5) is 18.9 Å². The topological polar surface area (TPSA) is 184 Å². The summed E-state index contributed by atoms with van der Waals surface area (Å²) in [6, 6.07) is 12.7. The Hall–Kier alpha value is -4.90. The molecule has 0 saturated carbocycles. The van der Waals surface area contributed by atoms with Crippen molar-refractivity contribution in [1.29, 1.82) is 0 Å². The van der Waals surface area contributed by atoms with Crippen molar-refractivity contribution in [3.63, 3.8) is 0 Å². The SMILES string of the molecule is CN[C@@H](C)C(=O)N[C@H]1COc2c(C(=O)NCCC(=O)O)cccc2N(Cc2c(OC)ccc3cc(Br)ccc23)C1=O.O=C(O)C(F)(F)F. The molecule has 1 aliphatic heterocycles. The number of fused-ring (bicyclic) bond motifs is 2. The molecule has 0 aromatic heterocycles. The number of anilines is 1. The molecule has 0 saturated heterocycles. The summed E-state index contributed by atoms with van der Waals surface area (Å²) in [6.45, 7) is 1.42. The zero-order valence-corrected chi connectivity index (χ0v) is 27.4. The molecule has 0 radical (unpaired) electrons. The normalized spacial score (nSPS) is 14.8. The zero-order valence-electron chi connectivity index (χ0n) is 25.8. The Kier molecular flexibility index (Phi) is 12.7. The van der Waals surface area contributed by atoms with E-state index in [1.807, 2.05) is 30.3 Å². The van der Waals surface area contributed by atoms with Crippen molar-refractivity contribution in [3.05, 3.63) is 64.1 Å². The van der Waals surface area contributed by atoms with Gasteiger partial charge in [0.15, 0.2) is 5.75 Å². The second-order valence-corrected chi connectivity index (χ2v) is 11.2. The number of carbonyl (C=O) groups is 5. The van der Waals surface area contributed by atoms with Crippen LogP contribution in [0.5, 0.6) is 11.5 Å². The molecular formula is C31H32BrF3N4O9. The maximum absolute atomic E-state index is 14.1. The van der Waals surface area contributed by atoms with Crippen LogP contribution in [-0.4, -0.2) is 85.4 Å². The molecule has 17 heteroatoms. The number of amides is 3. The van der Waals surface area contributed by atoms with Crippen molar-refractivity contribution in [1.82, 2.24) is 16.0 Å². The first kappa shape index (κ1) is 37.6. The number of likely N-dealkylation sites (N-methyl/N-ethyl adjacent to an activating group) is 1. The molecule has 3 aromatic rings. The largest absolute Gasteiger partial charge is 0.496 e. The molecule has 1 aliphatic rings. The molecule has 1 heterocycles. The number of rotatable bonds is 10. The number of alkyl halides is 3. The van der Waals surface area contributed by atoms with Gasteiger partial charge in [0.05, 0.1) is 37.4 Å². The molecule has 0 spiro atoms. The number of methoxy groups -OCH3 is 1. The van der Waals surface area contributed by atoms with Crippen LogP contribution in [0.2, 0.25) is 0 Å². The quantitative estimate of drug-likeness (QED) is 0.206. The van der Waals surface area contributed by atoms with Crippen LogP contribution in [0.3, 0.4) is 0 Å². The average molecular weight is 742 g/mol. The predicted octanol–water partition coefficient (Wildman–Crippen LogP) is 3.47. The maximum Gasteiger partial charge on any atom is 0.490 e. The summed E-state index contributed by atoms with van der Waals surface area (Å²) in [5.74, 6) is -4.46. The van der Waals surface area contributed by atoms with Gasteiger partial charge >= 0.3 is 18.1 Å². The van der Waals surface area contributed by atoms with E-state index in [1.165, 1.54) is 11.0 Å². The van der Waals surface area contributed by atoms with E-state index in [4.69, 9.17) is 24.5 Å². The van der Waals surface area contributed by atoms with E-state index in [0.717, 1.165) is 20.8 Å². The van der Waals surface area contributed by atoms with Crippen LogP contribution in [0.25, 0.3) is 10.8 Å². The van der Waals surface area contributed by atoms with E-state index in [1.54, 1.807) is 33.2 Å². The number of para-hydroxylation sites is 1. The number of halogens is 4. The molecule has 2 atom stereocenters. The number of carboxylic acid groups (broad SMARTS) is 2. The highest BCUT2D eigenvalue weighted by Gasteiger charge is 2.38. The Labute approximate surface area is 280 Å². The summed E-state index contributed by atoms with van der Waals surface area (Å²) >= 11 is 3.50. The minimum Gasteiger partial charge on any atom is -0.496 e. The molecule has 0 fully saturated rings. The second kappa shape index (κ2) is 16.3. The van der Waals surface area contributed by atoms with Gasteiger partial charge in [0.1, 0.15) is 18.4 Å². The lowest BCUT2D eigenvalue weighted by Gasteiger charge is -2.27. The predicted molar refractivity (Wildman–Crippen MR) is 170 cm³/mol. The second-order valence-electron chi connectivity index (χ2n) is 10.3. The lowest BCUT2D eigenvalue weighted by atomic mass is 10.0. The minimum absolute atomic E-state index is 0.0510. The number of hydrogen-bond donors (Lipinski definition) is 5. The molecule has 5 N–H and O–H groups in total. The van der Waals surface area contributed by atoms with Crippen LogP contribution >= 0.6 is 15.9 Å². The van der Waals surface area contributed by atoms with E-state index >= 15 is 0 Å². The molecule has 13 nitrogen and oxygen atoms in total. The molecule has 0 unspecified atom stereocenters. The monoisotopic (exact) mass is 740 g/mol. The number of carboxylic acids is 2. The van der Waals surface area contributed by atoms with Crippen molar-refractivity contribution in [3.8, 4) is 11.5 Å². The first-order valence-electron chi connectivity index (χ1n) is 14.2. The van der Waals surface area contributed by atoms with E-state index in [9.17, 15) is 32.3 Å². The van der Waals surface area contributed by atoms with Gasteiger partial charge in [-0.2, -0.15) is 13.2 Å². The Morgan fingerprint density at radius 1 is 1.12 bits per heavy atom. The van der Waals surface area contributed by atoms with E-state index in [-0.39, 0.29) is 43.3 Å². The third-order valence-corrected chi connectivity index (χ3v) is 7.58. The van der Waals surface area contributed by atoms with Gasteiger partial charge in [0, 0.05) is 16.6 Å². The zero-order chi connectivity index (χ0) is 35.8. The van der Waals surface area contributed by atoms with Crippen molar-refractivity contribution in [2.75, 3.05) is 32.2 Å². The maximum atomic E-state index is 14.1. The number of carbonyl (C=O) groups excluding carboxylic acids is 3. The average Bonchev–Trinajstić information content (AvgIpc) is 3.16. The van der Waals surface area contributed by atoms with Crippen LogP contribution in [-0.2, 0) is 25.7 Å². The summed E-state index contributed by atoms with van der Waals surface area (Å²) in [6.07, 6.45) is -5.33. The van der Waals surface area contributed by atoms with Gasteiger partial charge in [0.2, 0.25) is 5.91 Å². The highest BCUT2D eigenvalue weighted by Crippen LogP contribution is 2.38. The Morgan fingerprint density at radius 2 is 1.81 bits per heavy atom. The number of hydrogen-bond acceptors (Lipinski definition) is 8. The van der Waals surface area contributed by atoms with Gasteiger partial charge in [-0.3, -0.25) is 19.2 Å². The van der Waals surface area contributed by atoms with Crippen molar-refractivity contribution >= 4 is 62.0 Å². The summed E-state index contributed by atoms with van der Waals surface area (Å²) in [5, 5.41) is 26.1. The molecule has 4 rings (SSSR count). The van der Waals surface area contributed by atoms with Crippen molar-refractivity contribution in [2.24, 2.45) is 0 Å². The van der Waals surface area contributed by atoms with E-state index in [2.05, 4.69) is 31.9 Å². The Bertz CT molecular complexity index is 1700. The highest BCUT2D eigenvalue weighted by atomic mass is 79.9. The lowest BCUT2D eigenvalue weighted by Crippen LogP contribution is -2.53. The molecule has 0 aliphatic carbocycles. The van der Waals surface area contributed by atoms with Crippen LogP contribution in [0, 0.1) is 0 Å². The fraction of sp³-hybridized carbons (Fsp3) is 0.323. The summed E-state index contributed by atoms with van der Waals surface area (Å²) in [5.41, 5.74) is 1.19. The fourth-order valence-corrected chi connectivity index (χ4v) is 4.92. The number of aliphatic carboxylic acids is 2. The van der Waals surface area contributed by atoms with Gasteiger partial charge in [-0.25, -0.2) is 4.79 Å². The van der Waals surface area contributed by atoms with Gasteiger partial charge in [-0.05, 0) is 55.1 Å². The van der Waals surface area contributed by atoms with E-state index in [0.29, 0.717) is 11.4 Å². The molecule has 258 valence electrons. The van der Waals surface area contributed by atoms with Gasteiger partial charge in [-0.1, -0.05) is 34.1 Å². The molecule has 3 amide bonds. The van der Waals surface area contributed by atoms with Crippen LogP contribution in [0.1, 0.15) is 29.3 Å². The van der Waals surface area contributed by atoms with Crippen molar-refractivity contribution in [2.45, 2.75) is 38.1 Å². The van der Waals surface area contributed by atoms with Crippen LogP contribution < -0.4 is 30.3 Å². The van der Waals surface area contributed by atoms with Crippen LogP contribution in [0.15, 0.2) is 53.0 Å². The first-order chi connectivity index (χ1) is 22.6. The molecule has 3 aromatic carbocycles. The highest BCUT2D eigenvalue weighted by molar-refractivity contribution is 9.10. The molecular weight excluding hydrogens is 709 g/mol. The Balaban J connectivity index is 0.000000804. The molecule has 0 bridgehead atoms. The standard InChI is InChI=1S/C29H31BrN4O7.C2HF3O2/c1-16(31-2)27(37)33-22-15-41-26-20(28(38)32-12-11-25(35)36)5-4-6-23(26)34(29(22)39)14-21-19-9-8-18(30)13-17(19)7-10-24(21)40-3;3-2(4,5)1(6)7/h4-10,13,16,22,31H,11-12,14-15H2,1-3H3,(H,32,38)(H,33,37)(H,35,36);(H,6,7)/t16-,22-;/m0./s1. The summed E-state index contributed by atoms with van der Waals surface area (Å²) < 4.78 is 44.3. The number of nitrogens with one attached hydrogen (secondary N) is 3. The summed E-state index contributed by atoms with van der Waals surface area (Å²) in [4.78, 5) is 61.2. The minimum atomic E-state index is -5.08. The van der Waals surface area contributed by atoms with Crippen molar-refractivity contribution < 1.29 is 56.8 Å². The lowest BCUT2D eigenvalue weighted by molar-refractivity contribution is -0.192. The number of nitrogens with zero attached hydrogens (tertiary/aromatic N) is 1. The third kappa shape index (κ3) is 9.34. The number of ether oxygens (including phenoxy) is 2. The van der Waals surface area contributed by atoms with Gasteiger partial charge in [0.25, 0.3) is 11.8 Å². The first-order valence-corrected chi connectivity index (χ1v) is 15.0. The summed E-state index contributed by atoms with van der Waals surface area (Å²) in [7, 11) is 3.19. The number of benzene rings is 3. The van der Waals surface area contributed by atoms with E-state index < -0.39 is 42.0 Å². The smallest absolute Gasteiger partial charge is 0.490 e. The Morgan fingerprint density at radius 3 is 2.42 bits per heavy atom. The van der Waals surface area contributed by atoms with Gasteiger partial charge < -0.3 is 40.5 Å². The third-order valence-electron chi connectivity index (χ3n) is 7.08. The fourth-order valence-electron chi connectivity index (χ4n) is 4.54. The van der Waals surface area contributed by atoms with Gasteiger partial charge in [-0.15, -0.1) is 0 Å². The molecule has 48 heavy (non-hydrogen) atoms.